The molecule has 0 aromatic carbocycles. The highest BCUT2D eigenvalue weighted by Gasteiger charge is 2.48. The molecule has 3 heteroatoms. The lowest BCUT2D eigenvalue weighted by Crippen LogP contribution is -2.53. The maximum Gasteiger partial charge on any atom is 0.0688 e. The molecule has 0 aliphatic heterocycles. The molecule has 0 saturated heterocycles. The number of ether oxygens (including phenoxy) is 1. The van der Waals surface area contributed by atoms with Crippen LogP contribution in [-0.4, -0.2) is 32.6 Å². The molecule has 0 rings (SSSR count). The lowest BCUT2D eigenvalue weighted by molar-refractivity contribution is -0.214. The van der Waals surface area contributed by atoms with Crippen LogP contribution in [0.4, 0.5) is 0 Å². The van der Waals surface area contributed by atoms with Gasteiger partial charge in [0.05, 0.1) is 22.4 Å². The first kappa shape index (κ1) is 22.9. The molecule has 0 saturated carbocycles. The summed E-state index contributed by atoms with van der Waals surface area (Å²) in [5.74, 6) is 0. The molecule has 0 aliphatic carbocycles. The Balaban J connectivity index is 5.47. The van der Waals surface area contributed by atoms with Crippen LogP contribution in [0.5, 0.6) is 0 Å². The van der Waals surface area contributed by atoms with Crippen molar-refractivity contribution >= 4 is 0 Å². The summed E-state index contributed by atoms with van der Waals surface area (Å²) >= 11 is 0. The highest BCUT2D eigenvalue weighted by atomic mass is 16.5. The van der Waals surface area contributed by atoms with Crippen LogP contribution in [0.25, 0.3) is 0 Å². The zero-order valence-corrected chi connectivity index (χ0v) is 17.3. The van der Waals surface area contributed by atoms with E-state index in [1.807, 2.05) is 27.7 Å². The molecule has 0 bridgehead atoms. The lowest BCUT2D eigenvalue weighted by atomic mass is 9.66. The van der Waals surface area contributed by atoms with Crippen molar-refractivity contribution in [2.75, 3.05) is 0 Å². The van der Waals surface area contributed by atoms with E-state index in [2.05, 4.69) is 41.5 Å². The Morgan fingerprint density at radius 2 is 1.17 bits per heavy atom. The van der Waals surface area contributed by atoms with Crippen molar-refractivity contribution in [3.63, 3.8) is 0 Å². The third-order valence-corrected chi connectivity index (χ3v) is 5.82. The van der Waals surface area contributed by atoms with Crippen LogP contribution in [0.1, 0.15) is 101 Å². The van der Waals surface area contributed by atoms with Crippen molar-refractivity contribution in [1.82, 2.24) is 0 Å². The van der Waals surface area contributed by atoms with Crippen LogP contribution in [0.3, 0.4) is 0 Å². The third-order valence-electron chi connectivity index (χ3n) is 5.82. The SMILES string of the molecule is CCC(C)(O)CC(C)(CC)C(C)(C)OC(C)(CC)CC(C)(C)O. The second-order valence-corrected chi connectivity index (χ2v) is 9.35. The van der Waals surface area contributed by atoms with Crippen molar-refractivity contribution in [1.29, 1.82) is 0 Å². The Kier molecular flexibility index (Phi) is 7.37. The van der Waals surface area contributed by atoms with Crippen LogP contribution in [0.2, 0.25) is 0 Å². The molecule has 0 heterocycles. The fourth-order valence-corrected chi connectivity index (χ4v) is 3.62. The molecular weight excluding hydrogens is 288 g/mol. The summed E-state index contributed by atoms with van der Waals surface area (Å²) in [6, 6.07) is 0. The second-order valence-electron chi connectivity index (χ2n) is 9.35. The third kappa shape index (κ3) is 6.72. The fraction of sp³-hybridized carbons (Fsp3) is 1.00. The normalized spacial score (nSPS) is 21.4. The molecule has 0 aromatic rings. The van der Waals surface area contributed by atoms with Gasteiger partial charge in [-0.1, -0.05) is 27.7 Å². The van der Waals surface area contributed by atoms with Crippen molar-refractivity contribution < 1.29 is 14.9 Å². The smallest absolute Gasteiger partial charge is 0.0688 e. The molecule has 23 heavy (non-hydrogen) atoms. The van der Waals surface area contributed by atoms with Gasteiger partial charge in [0, 0.05) is 6.42 Å². The van der Waals surface area contributed by atoms with Crippen molar-refractivity contribution in [3.05, 3.63) is 0 Å². The molecular formula is C20H42O3. The Morgan fingerprint density at radius 3 is 1.48 bits per heavy atom. The molecule has 2 N–H and O–H groups in total. The van der Waals surface area contributed by atoms with E-state index in [1.54, 1.807) is 0 Å². The molecule has 3 nitrogen and oxygen atoms in total. The number of rotatable bonds is 10. The van der Waals surface area contributed by atoms with Gasteiger partial charge in [-0.3, -0.25) is 0 Å². The minimum absolute atomic E-state index is 0.150. The second kappa shape index (κ2) is 7.41. The molecule has 0 radical (unpaired) electrons. The van der Waals surface area contributed by atoms with Gasteiger partial charge in [0.25, 0.3) is 0 Å². The van der Waals surface area contributed by atoms with E-state index >= 15 is 0 Å². The maximum atomic E-state index is 10.6. The zero-order valence-electron chi connectivity index (χ0n) is 17.3. The van der Waals surface area contributed by atoms with Crippen LogP contribution < -0.4 is 0 Å². The first-order valence-corrected chi connectivity index (χ1v) is 9.20. The van der Waals surface area contributed by atoms with Gasteiger partial charge in [0.1, 0.15) is 0 Å². The van der Waals surface area contributed by atoms with Gasteiger partial charge in [0.2, 0.25) is 0 Å². The van der Waals surface area contributed by atoms with Crippen LogP contribution >= 0.6 is 0 Å². The minimum atomic E-state index is -0.766. The highest BCUT2D eigenvalue weighted by molar-refractivity contribution is 4.97. The molecule has 3 unspecified atom stereocenters. The Hall–Kier alpha value is -0.120. The molecule has 0 fully saturated rings. The molecule has 0 spiro atoms. The minimum Gasteiger partial charge on any atom is -0.390 e. The van der Waals surface area contributed by atoms with Crippen molar-refractivity contribution in [3.8, 4) is 0 Å². The van der Waals surface area contributed by atoms with Crippen LogP contribution in [-0.2, 0) is 4.74 Å². The van der Waals surface area contributed by atoms with E-state index in [0.29, 0.717) is 12.8 Å². The summed E-state index contributed by atoms with van der Waals surface area (Å²) in [5.41, 5.74) is -2.40. The van der Waals surface area contributed by atoms with Gasteiger partial charge in [-0.05, 0) is 72.6 Å². The van der Waals surface area contributed by atoms with Gasteiger partial charge in [-0.2, -0.15) is 0 Å². The summed E-state index contributed by atoms with van der Waals surface area (Å²) < 4.78 is 6.63. The molecule has 0 aliphatic rings. The topological polar surface area (TPSA) is 49.7 Å². The van der Waals surface area contributed by atoms with Gasteiger partial charge >= 0.3 is 0 Å². The molecule has 0 amide bonds. The Labute approximate surface area is 144 Å². The van der Waals surface area contributed by atoms with Crippen LogP contribution in [0, 0.1) is 5.41 Å². The summed E-state index contributed by atoms with van der Waals surface area (Å²) in [7, 11) is 0. The molecule has 3 atom stereocenters. The number of hydrogen-bond acceptors (Lipinski definition) is 3. The summed E-state index contributed by atoms with van der Waals surface area (Å²) in [6.45, 7) is 20.4. The van der Waals surface area contributed by atoms with Crippen molar-refractivity contribution in [2.45, 2.75) is 124 Å². The summed E-state index contributed by atoms with van der Waals surface area (Å²) in [4.78, 5) is 0. The Morgan fingerprint density at radius 1 is 0.696 bits per heavy atom. The fourth-order valence-electron chi connectivity index (χ4n) is 3.62. The van der Waals surface area contributed by atoms with E-state index < -0.39 is 22.4 Å². The summed E-state index contributed by atoms with van der Waals surface area (Å²) in [6.07, 6.45) is 3.78. The van der Waals surface area contributed by atoms with Gasteiger partial charge in [-0.15, -0.1) is 0 Å². The monoisotopic (exact) mass is 330 g/mol. The number of hydrogen-bond donors (Lipinski definition) is 2. The quantitative estimate of drug-likeness (QED) is 0.587. The van der Waals surface area contributed by atoms with E-state index in [0.717, 1.165) is 19.3 Å². The van der Waals surface area contributed by atoms with Crippen molar-refractivity contribution in [2.24, 2.45) is 5.41 Å². The average Bonchev–Trinajstić information content (AvgIpc) is 2.35. The first-order chi connectivity index (χ1) is 10.1. The molecule has 0 aromatic heterocycles. The first-order valence-electron chi connectivity index (χ1n) is 9.20. The predicted octanol–water partition coefficient (Wildman–Crippen LogP) is 5.08. The standard InChI is InChI=1S/C20H42O3/c1-11-18(8,15-19(9,22)12-2)17(6,7)23-20(10,13-3)14-16(4,5)21/h21-22H,11-15H2,1-10H3. The Bertz CT molecular complexity index is 368. The summed E-state index contributed by atoms with van der Waals surface area (Å²) in [5, 5.41) is 20.8. The average molecular weight is 331 g/mol. The van der Waals surface area contributed by atoms with Gasteiger partial charge in [0.15, 0.2) is 0 Å². The van der Waals surface area contributed by atoms with E-state index in [1.165, 1.54) is 0 Å². The van der Waals surface area contributed by atoms with Gasteiger partial charge in [-0.25, -0.2) is 0 Å². The molecule has 140 valence electrons. The zero-order chi connectivity index (χ0) is 18.7. The van der Waals surface area contributed by atoms with Gasteiger partial charge < -0.3 is 14.9 Å². The van der Waals surface area contributed by atoms with E-state index in [4.69, 9.17) is 4.74 Å². The number of aliphatic hydroxyl groups is 2. The highest BCUT2D eigenvalue weighted by Crippen LogP contribution is 2.47. The largest absolute Gasteiger partial charge is 0.390 e. The van der Waals surface area contributed by atoms with E-state index in [9.17, 15) is 10.2 Å². The van der Waals surface area contributed by atoms with Crippen LogP contribution in [0.15, 0.2) is 0 Å². The maximum absolute atomic E-state index is 10.6. The predicted molar refractivity (Wildman–Crippen MR) is 98.7 cm³/mol. The lowest BCUT2D eigenvalue weighted by Gasteiger charge is -2.51. The van der Waals surface area contributed by atoms with E-state index in [-0.39, 0.29) is 5.41 Å².